The van der Waals surface area contributed by atoms with Gasteiger partial charge in [-0.05, 0) is 37.1 Å². The Bertz CT molecular complexity index is 401. The zero-order chi connectivity index (χ0) is 13.0. The van der Waals surface area contributed by atoms with Crippen LogP contribution >= 0.6 is 11.6 Å². The van der Waals surface area contributed by atoms with E-state index in [4.69, 9.17) is 11.6 Å². The lowest BCUT2D eigenvalue weighted by Crippen LogP contribution is -2.38. The molecule has 0 spiro atoms. The molecule has 0 aromatic heterocycles. The second-order valence-corrected chi connectivity index (χ2v) is 5.46. The molecule has 1 saturated heterocycles. The average molecular weight is 266 g/mol. The molecular weight excluding hydrogens is 246 g/mol. The van der Waals surface area contributed by atoms with Gasteiger partial charge in [0.1, 0.15) is 5.78 Å². The molecular formula is C15H20ClNO. The fourth-order valence-corrected chi connectivity index (χ4v) is 2.72. The van der Waals surface area contributed by atoms with E-state index in [1.165, 1.54) is 5.56 Å². The van der Waals surface area contributed by atoms with E-state index in [-0.39, 0.29) is 5.92 Å². The number of hydrogen-bond donors (Lipinski definition) is 0. The van der Waals surface area contributed by atoms with Crippen LogP contribution in [0.15, 0.2) is 24.3 Å². The highest BCUT2D eigenvalue weighted by Gasteiger charge is 2.24. The molecule has 0 saturated carbocycles. The Morgan fingerprint density at radius 1 is 1.39 bits per heavy atom. The predicted octanol–water partition coefficient (Wildman–Crippen LogP) is 3.53. The number of rotatable bonds is 4. The van der Waals surface area contributed by atoms with E-state index >= 15 is 0 Å². The van der Waals surface area contributed by atoms with Gasteiger partial charge in [0, 0.05) is 30.5 Å². The molecule has 0 bridgehead atoms. The summed E-state index contributed by atoms with van der Waals surface area (Å²) in [6.45, 7) is 4.89. The van der Waals surface area contributed by atoms with Crippen molar-refractivity contribution in [3.63, 3.8) is 0 Å². The lowest BCUT2D eigenvalue weighted by Gasteiger charge is -2.31. The molecule has 18 heavy (non-hydrogen) atoms. The summed E-state index contributed by atoms with van der Waals surface area (Å²) in [7, 11) is 0. The summed E-state index contributed by atoms with van der Waals surface area (Å²) < 4.78 is 0. The van der Waals surface area contributed by atoms with Crippen molar-refractivity contribution < 1.29 is 4.79 Å². The number of likely N-dealkylation sites (tertiary alicyclic amines) is 1. The first-order valence-electron chi connectivity index (χ1n) is 6.68. The standard InChI is InChI=1S/C15H20ClNO/c1-2-15(18)13-4-3-9-17(11-13)10-12-5-7-14(16)8-6-12/h5-8,13H,2-4,9-11H2,1H3. The minimum absolute atomic E-state index is 0.246. The van der Waals surface area contributed by atoms with Crippen molar-refractivity contribution in [3.8, 4) is 0 Å². The van der Waals surface area contributed by atoms with Crippen molar-refractivity contribution in [1.29, 1.82) is 0 Å². The normalized spacial score (nSPS) is 20.9. The maximum atomic E-state index is 11.8. The van der Waals surface area contributed by atoms with Crippen LogP contribution in [0, 0.1) is 5.92 Å². The molecule has 1 heterocycles. The molecule has 0 N–H and O–H groups in total. The Labute approximate surface area is 114 Å². The SMILES string of the molecule is CCC(=O)C1CCCN(Cc2ccc(Cl)cc2)C1. The van der Waals surface area contributed by atoms with Gasteiger partial charge in [-0.25, -0.2) is 0 Å². The molecule has 98 valence electrons. The Morgan fingerprint density at radius 2 is 2.11 bits per heavy atom. The number of nitrogens with zero attached hydrogens (tertiary/aromatic N) is 1. The molecule has 1 aromatic rings. The molecule has 1 aliphatic heterocycles. The van der Waals surface area contributed by atoms with Crippen LogP contribution in [-0.2, 0) is 11.3 Å². The van der Waals surface area contributed by atoms with Crippen LogP contribution in [0.4, 0.5) is 0 Å². The third-order valence-electron chi connectivity index (χ3n) is 3.63. The van der Waals surface area contributed by atoms with Crippen LogP contribution in [0.3, 0.4) is 0 Å². The van der Waals surface area contributed by atoms with E-state index in [0.29, 0.717) is 12.2 Å². The van der Waals surface area contributed by atoms with Crippen LogP contribution in [0.25, 0.3) is 0 Å². The second-order valence-electron chi connectivity index (χ2n) is 5.02. The highest BCUT2D eigenvalue weighted by Crippen LogP contribution is 2.20. The quantitative estimate of drug-likeness (QED) is 0.830. The fourth-order valence-electron chi connectivity index (χ4n) is 2.60. The molecule has 0 amide bonds. The van der Waals surface area contributed by atoms with Crippen molar-refractivity contribution in [2.75, 3.05) is 13.1 Å². The van der Waals surface area contributed by atoms with Gasteiger partial charge >= 0.3 is 0 Å². The minimum Gasteiger partial charge on any atom is -0.299 e. The molecule has 2 nitrogen and oxygen atoms in total. The van der Waals surface area contributed by atoms with Crippen molar-refractivity contribution in [2.45, 2.75) is 32.7 Å². The zero-order valence-corrected chi connectivity index (χ0v) is 11.6. The summed E-state index contributed by atoms with van der Waals surface area (Å²) in [5.41, 5.74) is 1.27. The first-order chi connectivity index (χ1) is 8.69. The number of Topliss-reactive ketones (excluding diaryl/α,β-unsaturated/α-hetero) is 1. The van der Waals surface area contributed by atoms with Gasteiger partial charge in [0.05, 0.1) is 0 Å². The highest BCUT2D eigenvalue weighted by molar-refractivity contribution is 6.30. The lowest BCUT2D eigenvalue weighted by atomic mass is 9.92. The Hall–Kier alpha value is -0.860. The van der Waals surface area contributed by atoms with Gasteiger partial charge < -0.3 is 0 Å². The maximum Gasteiger partial charge on any atom is 0.136 e. The van der Waals surface area contributed by atoms with Crippen LogP contribution in [0.5, 0.6) is 0 Å². The van der Waals surface area contributed by atoms with E-state index in [0.717, 1.165) is 37.5 Å². The Morgan fingerprint density at radius 3 is 2.78 bits per heavy atom. The number of ketones is 1. The molecule has 1 aliphatic rings. The highest BCUT2D eigenvalue weighted by atomic mass is 35.5. The summed E-state index contributed by atoms with van der Waals surface area (Å²) in [6, 6.07) is 7.98. The number of benzene rings is 1. The monoisotopic (exact) mass is 265 g/mol. The van der Waals surface area contributed by atoms with Crippen molar-refractivity contribution in [2.24, 2.45) is 5.92 Å². The van der Waals surface area contributed by atoms with Crippen LogP contribution in [-0.4, -0.2) is 23.8 Å². The van der Waals surface area contributed by atoms with E-state index in [1.54, 1.807) is 0 Å². The van der Waals surface area contributed by atoms with Crippen LogP contribution in [0.1, 0.15) is 31.7 Å². The summed E-state index contributed by atoms with van der Waals surface area (Å²) in [5.74, 6) is 0.659. The van der Waals surface area contributed by atoms with Gasteiger partial charge in [-0.2, -0.15) is 0 Å². The van der Waals surface area contributed by atoms with Gasteiger partial charge in [-0.1, -0.05) is 30.7 Å². The number of halogens is 1. The first-order valence-corrected chi connectivity index (χ1v) is 7.06. The average Bonchev–Trinajstić information content (AvgIpc) is 2.41. The molecule has 0 aliphatic carbocycles. The Kier molecular flexibility index (Phi) is 4.79. The lowest BCUT2D eigenvalue weighted by molar-refractivity contribution is -0.124. The van der Waals surface area contributed by atoms with Crippen molar-refractivity contribution >= 4 is 17.4 Å². The minimum atomic E-state index is 0.246. The van der Waals surface area contributed by atoms with E-state index in [2.05, 4.69) is 17.0 Å². The van der Waals surface area contributed by atoms with Gasteiger partial charge in [0.2, 0.25) is 0 Å². The topological polar surface area (TPSA) is 20.3 Å². The van der Waals surface area contributed by atoms with E-state index in [1.807, 2.05) is 19.1 Å². The van der Waals surface area contributed by atoms with Crippen molar-refractivity contribution in [3.05, 3.63) is 34.9 Å². The maximum absolute atomic E-state index is 11.8. The summed E-state index contributed by atoms with van der Waals surface area (Å²) in [5, 5.41) is 0.774. The van der Waals surface area contributed by atoms with Gasteiger partial charge in [0.25, 0.3) is 0 Å². The summed E-state index contributed by atoms with van der Waals surface area (Å²) >= 11 is 5.88. The molecule has 0 radical (unpaired) electrons. The molecule has 1 unspecified atom stereocenters. The molecule has 3 heteroatoms. The number of carbonyl (C=O) groups excluding carboxylic acids is 1. The van der Waals surface area contributed by atoms with Crippen LogP contribution in [0.2, 0.25) is 5.02 Å². The summed E-state index contributed by atoms with van der Waals surface area (Å²) in [4.78, 5) is 14.1. The predicted molar refractivity (Wildman–Crippen MR) is 74.8 cm³/mol. The fraction of sp³-hybridized carbons (Fsp3) is 0.533. The number of carbonyl (C=O) groups is 1. The smallest absolute Gasteiger partial charge is 0.136 e. The third kappa shape index (κ3) is 3.56. The van der Waals surface area contributed by atoms with Crippen LogP contribution < -0.4 is 0 Å². The van der Waals surface area contributed by atoms with E-state index in [9.17, 15) is 4.79 Å². The molecule has 2 rings (SSSR count). The number of piperidine rings is 1. The summed E-state index contributed by atoms with van der Waals surface area (Å²) in [6.07, 6.45) is 2.85. The Balaban J connectivity index is 1.93. The van der Waals surface area contributed by atoms with Gasteiger partial charge in [-0.3, -0.25) is 9.69 Å². The van der Waals surface area contributed by atoms with E-state index < -0.39 is 0 Å². The number of hydrogen-bond acceptors (Lipinski definition) is 2. The molecule has 1 atom stereocenters. The van der Waals surface area contributed by atoms with Gasteiger partial charge in [0.15, 0.2) is 0 Å². The zero-order valence-electron chi connectivity index (χ0n) is 10.9. The first kappa shape index (κ1) is 13.6. The molecule has 1 aromatic carbocycles. The largest absolute Gasteiger partial charge is 0.299 e. The third-order valence-corrected chi connectivity index (χ3v) is 3.88. The van der Waals surface area contributed by atoms with Crippen molar-refractivity contribution in [1.82, 2.24) is 4.90 Å². The van der Waals surface area contributed by atoms with Gasteiger partial charge in [-0.15, -0.1) is 0 Å². The molecule has 1 fully saturated rings. The second kappa shape index (κ2) is 6.35.